The Morgan fingerprint density at radius 2 is 1.79 bits per heavy atom. The van der Waals surface area contributed by atoms with Crippen molar-refractivity contribution in [2.75, 3.05) is 0 Å². The van der Waals surface area contributed by atoms with E-state index in [0.717, 1.165) is 0 Å². The van der Waals surface area contributed by atoms with Gasteiger partial charge in [-0.05, 0) is 24.1 Å². The van der Waals surface area contributed by atoms with Crippen LogP contribution in [-0.2, 0) is 17.8 Å². The van der Waals surface area contributed by atoms with E-state index < -0.39 is 0 Å². The molecule has 0 aliphatic heterocycles. The van der Waals surface area contributed by atoms with Gasteiger partial charge in [0.2, 0.25) is 5.91 Å². The zero-order valence-electron chi connectivity index (χ0n) is 12.9. The molecule has 24 heavy (non-hydrogen) atoms. The largest absolute Gasteiger partial charge is 0.350 e. The summed E-state index contributed by atoms with van der Waals surface area (Å²) < 4.78 is 13.5. The molecule has 0 fully saturated rings. The summed E-state index contributed by atoms with van der Waals surface area (Å²) in [4.78, 5) is 23.7. The fraction of sp³-hybridized carbons (Fsp3) is 0.167. The van der Waals surface area contributed by atoms with Crippen LogP contribution in [0.3, 0.4) is 0 Å². The molecule has 3 aromatic rings. The molecule has 6 heteroatoms. The van der Waals surface area contributed by atoms with Gasteiger partial charge in [0.05, 0.1) is 17.6 Å². The second-order valence-corrected chi connectivity index (χ2v) is 5.41. The van der Waals surface area contributed by atoms with Crippen LogP contribution in [0.2, 0.25) is 0 Å². The highest BCUT2D eigenvalue weighted by molar-refractivity contribution is 5.84. The van der Waals surface area contributed by atoms with Crippen molar-refractivity contribution in [3.8, 4) is 0 Å². The van der Waals surface area contributed by atoms with Gasteiger partial charge in [-0.3, -0.25) is 9.59 Å². The minimum absolute atomic E-state index is 0.183. The molecule has 2 aromatic carbocycles. The summed E-state index contributed by atoms with van der Waals surface area (Å²) in [6.07, 6.45) is 0.514. The van der Waals surface area contributed by atoms with E-state index in [1.807, 2.05) is 6.07 Å². The van der Waals surface area contributed by atoms with Crippen molar-refractivity contribution in [2.24, 2.45) is 0 Å². The first-order valence-electron chi connectivity index (χ1n) is 7.61. The number of carbonyl (C=O) groups is 1. The van der Waals surface area contributed by atoms with Crippen molar-refractivity contribution in [1.29, 1.82) is 0 Å². The first-order chi connectivity index (χ1) is 11.6. The number of hydrogen-bond donors (Lipinski definition) is 2. The Hall–Kier alpha value is -3.02. The number of amides is 1. The summed E-state index contributed by atoms with van der Waals surface area (Å²) in [6, 6.07) is 13.5. The average Bonchev–Trinajstić information content (AvgIpc) is 2.61. The third-order valence-corrected chi connectivity index (χ3v) is 3.81. The van der Waals surface area contributed by atoms with Gasteiger partial charge < -0.3 is 5.32 Å². The van der Waals surface area contributed by atoms with E-state index in [-0.39, 0.29) is 30.2 Å². The molecule has 0 unspecified atom stereocenters. The van der Waals surface area contributed by atoms with Crippen molar-refractivity contribution < 1.29 is 9.18 Å². The second kappa shape index (κ2) is 7.04. The molecule has 0 aliphatic rings. The number of hydrogen-bond acceptors (Lipinski definition) is 3. The van der Waals surface area contributed by atoms with Crippen molar-refractivity contribution in [3.63, 3.8) is 0 Å². The number of aromatic nitrogens is 2. The van der Waals surface area contributed by atoms with Gasteiger partial charge in [-0.2, -0.15) is 5.10 Å². The lowest BCUT2D eigenvalue weighted by Gasteiger charge is -2.07. The summed E-state index contributed by atoms with van der Waals surface area (Å²) in [7, 11) is 0. The third kappa shape index (κ3) is 3.48. The first kappa shape index (κ1) is 15.9. The number of fused-ring (bicyclic) bond motifs is 1. The van der Waals surface area contributed by atoms with Gasteiger partial charge in [-0.25, -0.2) is 9.49 Å². The van der Waals surface area contributed by atoms with E-state index in [1.54, 1.807) is 36.4 Å². The van der Waals surface area contributed by atoms with Crippen LogP contribution in [0, 0.1) is 5.82 Å². The van der Waals surface area contributed by atoms with Crippen LogP contribution < -0.4 is 10.9 Å². The predicted molar refractivity (Wildman–Crippen MR) is 88.9 cm³/mol. The summed E-state index contributed by atoms with van der Waals surface area (Å²) in [6.45, 7) is 0.202. The lowest BCUT2D eigenvalue weighted by Crippen LogP contribution is -2.25. The van der Waals surface area contributed by atoms with Gasteiger partial charge in [0.25, 0.3) is 5.56 Å². The highest BCUT2D eigenvalue weighted by Gasteiger charge is 2.09. The first-order valence-corrected chi connectivity index (χ1v) is 7.61. The molecule has 2 N–H and O–H groups in total. The van der Waals surface area contributed by atoms with E-state index in [1.165, 1.54) is 6.07 Å². The minimum atomic E-state index is -0.307. The molecular weight excluding hydrogens is 309 g/mol. The summed E-state index contributed by atoms with van der Waals surface area (Å²) in [5.74, 6) is -0.506. The van der Waals surface area contributed by atoms with E-state index in [0.29, 0.717) is 28.5 Å². The Balaban J connectivity index is 1.64. The van der Waals surface area contributed by atoms with E-state index >= 15 is 0 Å². The maximum absolute atomic E-state index is 13.5. The molecule has 1 amide bonds. The molecule has 0 bridgehead atoms. The van der Waals surface area contributed by atoms with E-state index in [9.17, 15) is 14.0 Å². The van der Waals surface area contributed by atoms with Crippen LogP contribution in [0.25, 0.3) is 10.8 Å². The van der Waals surface area contributed by atoms with Gasteiger partial charge in [0.1, 0.15) is 5.82 Å². The predicted octanol–water partition coefficient (Wildman–Crippen LogP) is 2.31. The standard InChI is InChI=1S/C18H16FN3O2/c19-15-8-4-1-5-12(15)9-10-17(23)20-11-16-13-6-2-3-7-14(13)18(24)22-21-16/h1-8H,9-11H2,(H,20,23)(H,22,24). The molecule has 0 aliphatic carbocycles. The fourth-order valence-corrected chi connectivity index (χ4v) is 2.53. The topological polar surface area (TPSA) is 74.8 Å². The van der Waals surface area contributed by atoms with Crippen molar-refractivity contribution in [3.05, 3.63) is 76.0 Å². The number of aromatic amines is 1. The summed E-state index contributed by atoms with van der Waals surface area (Å²) >= 11 is 0. The number of H-pyrrole nitrogens is 1. The number of nitrogens with one attached hydrogen (secondary N) is 2. The van der Waals surface area contributed by atoms with Crippen LogP contribution in [0.1, 0.15) is 17.7 Å². The zero-order valence-corrected chi connectivity index (χ0v) is 12.9. The normalized spacial score (nSPS) is 10.7. The van der Waals surface area contributed by atoms with E-state index in [4.69, 9.17) is 0 Å². The molecule has 0 saturated heterocycles. The summed E-state index contributed by atoms with van der Waals surface area (Å²) in [5.41, 5.74) is 0.838. The number of nitrogens with zero attached hydrogens (tertiary/aromatic N) is 1. The van der Waals surface area contributed by atoms with E-state index in [2.05, 4.69) is 15.5 Å². The van der Waals surface area contributed by atoms with Crippen LogP contribution in [0.15, 0.2) is 53.3 Å². The maximum atomic E-state index is 13.5. The molecule has 122 valence electrons. The highest BCUT2D eigenvalue weighted by atomic mass is 19.1. The lowest BCUT2D eigenvalue weighted by molar-refractivity contribution is -0.121. The van der Waals surface area contributed by atoms with Gasteiger partial charge in [0, 0.05) is 11.8 Å². The van der Waals surface area contributed by atoms with Crippen molar-refractivity contribution in [1.82, 2.24) is 15.5 Å². The number of carbonyl (C=O) groups excluding carboxylic acids is 1. The molecule has 0 spiro atoms. The molecule has 0 atom stereocenters. The Morgan fingerprint density at radius 1 is 1.08 bits per heavy atom. The highest BCUT2D eigenvalue weighted by Crippen LogP contribution is 2.12. The van der Waals surface area contributed by atoms with Crippen LogP contribution in [-0.4, -0.2) is 16.1 Å². The van der Waals surface area contributed by atoms with Crippen LogP contribution in [0.5, 0.6) is 0 Å². The lowest BCUT2D eigenvalue weighted by atomic mass is 10.1. The average molecular weight is 325 g/mol. The molecular formula is C18H16FN3O2. The van der Waals surface area contributed by atoms with Gasteiger partial charge in [-0.1, -0.05) is 36.4 Å². The molecule has 1 aromatic heterocycles. The second-order valence-electron chi connectivity index (χ2n) is 5.41. The fourth-order valence-electron chi connectivity index (χ4n) is 2.53. The van der Waals surface area contributed by atoms with Crippen molar-refractivity contribution in [2.45, 2.75) is 19.4 Å². The molecule has 0 radical (unpaired) electrons. The van der Waals surface area contributed by atoms with Crippen LogP contribution >= 0.6 is 0 Å². The number of aryl methyl sites for hydroxylation is 1. The molecule has 5 nitrogen and oxygen atoms in total. The number of benzene rings is 2. The SMILES string of the molecule is O=C(CCc1ccccc1F)NCc1n[nH]c(=O)c2ccccc12. The number of rotatable bonds is 5. The number of halogens is 1. The summed E-state index contributed by atoms with van der Waals surface area (Å²) in [5, 5.41) is 10.4. The smallest absolute Gasteiger partial charge is 0.272 e. The zero-order chi connectivity index (χ0) is 16.9. The Bertz CT molecular complexity index is 937. The Labute approximate surface area is 137 Å². The molecule has 3 rings (SSSR count). The van der Waals surface area contributed by atoms with Crippen molar-refractivity contribution >= 4 is 16.7 Å². The van der Waals surface area contributed by atoms with Gasteiger partial charge in [0.15, 0.2) is 0 Å². The monoisotopic (exact) mass is 325 g/mol. The Morgan fingerprint density at radius 3 is 2.58 bits per heavy atom. The Kier molecular flexibility index (Phi) is 4.65. The minimum Gasteiger partial charge on any atom is -0.350 e. The maximum Gasteiger partial charge on any atom is 0.272 e. The van der Waals surface area contributed by atoms with Crippen LogP contribution in [0.4, 0.5) is 4.39 Å². The van der Waals surface area contributed by atoms with Gasteiger partial charge in [-0.15, -0.1) is 0 Å². The molecule has 1 heterocycles. The quantitative estimate of drug-likeness (QED) is 0.756. The third-order valence-electron chi connectivity index (χ3n) is 3.81. The molecule has 0 saturated carbocycles. The van der Waals surface area contributed by atoms with Gasteiger partial charge >= 0.3 is 0 Å².